The summed E-state index contributed by atoms with van der Waals surface area (Å²) in [5, 5.41) is 4.37. The topological polar surface area (TPSA) is 67.4 Å². The molecule has 0 spiro atoms. The molecule has 128 valence electrons. The summed E-state index contributed by atoms with van der Waals surface area (Å²) >= 11 is 1.26. The monoisotopic (exact) mass is 368 g/mol. The van der Waals surface area contributed by atoms with Crippen molar-refractivity contribution in [3.63, 3.8) is 0 Å². The number of hydrogen-bond acceptors (Lipinski definition) is 4. The van der Waals surface area contributed by atoms with Gasteiger partial charge in [-0.1, -0.05) is 0 Å². The van der Waals surface area contributed by atoms with Crippen LogP contribution >= 0.6 is 11.3 Å². The van der Waals surface area contributed by atoms with Crippen LogP contribution in [0, 0.1) is 12.7 Å². The molecule has 2 unspecified atom stereocenters. The molecule has 0 radical (unpaired) electrons. The lowest BCUT2D eigenvalue weighted by molar-refractivity contribution is 0.102. The quantitative estimate of drug-likeness (QED) is 0.853. The number of nitrogens with one attached hydrogen (secondary N) is 2. The maximum atomic E-state index is 13.3. The second kappa shape index (κ2) is 7.52. The molecule has 1 fully saturated rings. The van der Waals surface area contributed by atoms with E-state index in [1.54, 1.807) is 24.4 Å². The van der Waals surface area contributed by atoms with Crippen molar-refractivity contribution in [2.45, 2.75) is 23.6 Å². The minimum Gasteiger partial charge on any atom is -0.380 e. The number of carbonyl (C=O) groups excluding carboxylic acids is 1. The van der Waals surface area contributed by atoms with E-state index in [9.17, 15) is 13.4 Å². The Labute approximate surface area is 145 Å². The van der Waals surface area contributed by atoms with Gasteiger partial charge in [0.05, 0.1) is 12.2 Å². The number of amides is 1. The molecule has 0 saturated carbocycles. The fraction of sp³-hybridized carbons (Fsp3) is 0.312. The molecule has 24 heavy (non-hydrogen) atoms. The van der Waals surface area contributed by atoms with E-state index in [0.717, 1.165) is 6.42 Å². The first-order valence-electron chi connectivity index (χ1n) is 7.44. The number of ether oxygens (including phenoxy) is 1. The van der Waals surface area contributed by atoms with Crippen LogP contribution in [0.2, 0.25) is 0 Å². The standard InChI is InChI=1S/C16H17FN2O3S2/c1-10-6-12(2-3-14(10)17)18-16(20)11-7-15(23-9-11)24(21)19-13-4-5-22-8-13/h2-3,6-7,9,13,19H,4-5,8H2,1H3,(H,18,20). The number of anilines is 1. The minimum absolute atomic E-state index is 0.0763. The van der Waals surface area contributed by atoms with Crippen molar-refractivity contribution in [2.24, 2.45) is 0 Å². The highest BCUT2D eigenvalue weighted by Gasteiger charge is 2.20. The lowest BCUT2D eigenvalue weighted by Crippen LogP contribution is -2.30. The first-order chi connectivity index (χ1) is 11.5. The largest absolute Gasteiger partial charge is 0.380 e. The molecule has 0 bridgehead atoms. The summed E-state index contributed by atoms with van der Waals surface area (Å²) in [5.41, 5.74) is 1.41. The van der Waals surface area contributed by atoms with E-state index in [4.69, 9.17) is 4.74 Å². The lowest BCUT2D eigenvalue weighted by atomic mass is 10.2. The highest BCUT2D eigenvalue weighted by atomic mass is 32.2. The molecule has 1 amide bonds. The van der Waals surface area contributed by atoms with Crippen LogP contribution in [0.3, 0.4) is 0 Å². The number of benzene rings is 1. The van der Waals surface area contributed by atoms with Gasteiger partial charge in [-0.15, -0.1) is 11.3 Å². The SMILES string of the molecule is Cc1cc(NC(=O)c2csc(S(=O)NC3CCOC3)c2)ccc1F. The zero-order valence-corrected chi connectivity index (χ0v) is 14.6. The molecular formula is C16H17FN2O3S2. The predicted molar refractivity (Wildman–Crippen MR) is 92.2 cm³/mol. The fourth-order valence-corrected chi connectivity index (χ4v) is 4.39. The van der Waals surface area contributed by atoms with Crippen LogP contribution in [-0.4, -0.2) is 29.4 Å². The fourth-order valence-electron chi connectivity index (χ4n) is 2.30. The zero-order chi connectivity index (χ0) is 17.1. The molecule has 2 N–H and O–H groups in total. The number of aryl methyl sites for hydroxylation is 1. The van der Waals surface area contributed by atoms with E-state index < -0.39 is 11.0 Å². The summed E-state index contributed by atoms with van der Waals surface area (Å²) in [7, 11) is -1.36. The number of halogens is 1. The summed E-state index contributed by atoms with van der Waals surface area (Å²) in [6.45, 7) is 2.85. The van der Waals surface area contributed by atoms with Crippen LogP contribution in [0.25, 0.3) is 0 Å². The van der Waals surface area contributed by atoms with Gasteiger partial charge in [0, 0.05) is 23.7 Å². The molecule has 1 aliphatic heterocycles. The number of carbonyl (C=O) groups is 1. The summed E-state index contributed by atoms with van der Waals surface area (Å²) in [5.74, 6) is -0.632. The van der Waals surface area contributed by atoms with Crippen molar-refractivity contribution in [1.82, 2.24) is 4.72 Å². The van der Waals surface area contributed by atoms with Gasteiger partial charge in [-0.2, -0.15) is 0 Å². The normalized spacial score (nSPS) is 18.5. The Bertz CT molecular complexity index is 772. The van der Waals surface area contributed by atoms with E-state index in [0.29, 0.717) is 34.2 Å². The second-order valence-electron chi connectivity index (χ2n) is 5.52. The minimum atomic E-state index is -1.36. The third kappa shape index (κ3) is 4.07. The van der Waals surface area contributed by atoms with Gasteiger partial charge >= 0.3 is 0 Å². The summed E-state index contributed by atoms with van der Waals surface area (Å²) < 4.78 is 34.3. The van der Waals surface area contributed by atoms with E-state index in [1.807, 2.05) is 0 Å². The lowest BCUT2D eigenvalue weighted by Gasteiger charge is -2.08. The molecule has 1 aliphatic rings. The average molecular weight is 368 g/mol. The smallest absolute Gasteiger partial charge is 0.256 e. The van der Waals surface area contributed by atoms with Gasteiger partial charge in [0.25, 0.3) is 5.91 Å². The number of rotatable bonds is 5. The van der Waals surface area contributed by atoms with E-state index in [-0.39, 0.29) is 17.8 Å². The summed E-state index contributed by atoms with van der Waals surface area (Å²) in [6.07, 6.45) is 0.828. The Morgan fingerprint density at radius 3 is 2.96 bits per heavy atom. The number of thiophene rings is 1. The van der Waals surface area contributed by atoms with Gasteiger partial charge in [0.1, 0.15) is 21.0 Å². The molecule has 3 rings (SSSR count). The van der Waals surface area contributed by atoms with Crippen LogP contribution < -0.4 is 10.0 Å². The maximum Gasteiger partial charge on any atom is 0.256 e. The van der Waals surface area contributed by atoms with Crippen molar-refractivity contribution < 1.29 is 18.1 Å². The van der Waals surface area contributed by atoms with Crippen LogP contribution in [0.4, 0.5) is 10.1 Å². The second-order valence-corrected chi connectivity index (χ2v) is 7.90. The molecule has 0 aliphatic carbocycles. The molecule has 8 heteroatoms. The Balaban J connectivity index is 1.64. The highest BCUT2D eigenvalue weighted by molar-refractivity contribution is 7.85. The maximum absolute atomic E-state index is 13.3. The Kier molecular flexibility index (Phi) is 5.40. The van der Waals surface area contributed by atoms with Crippen molar-refractivity contribution in [1.29, 1.82) is 0 Å². The predicted octanol–water partition coefficient (Wildman–Crippen LogP) is 2.85. The molecule has 5 nitrogen and oxygen atoms in total. The Hall–Kier alpha value is -1.61. The van der Waals surface area contributed by atoms with E-state index in [1.165, 1.54) is 23.5 Å². The molecular weight excluding hydrogens is 351 g/mol. The van der Waals surface area contributed by atoms with Gasteiger partial charge in [0.15, 0.2) is 0 Å². The molecule has 1 aromatic heterocycles. The molecule has 2 aromatic rings. The van der Waals surface area contributed by atoms with Gasteiger partial charge in [-0.25, -0.2) is 13.3 Å². The molecule has 1 saturated heterocycles. The van der Waals surface area contributed by atoms with Gasteiger partial charge in [-0.05, 0) is 43.2 Å². The zero-order valence-electron chi connectivity index (χ0n) is 13.0. The highest BCUT2D eigenvalue weighted by Crippen LogP contribution is 2.21. The van der Waals surface area contributed by atoms with E-state index in [2.05, 4.69) is 10.0 Å². The van der Waals surface area contributed by atoms with Gasteiger partial charge < -0.3 is 10.1 Å². The third-order valence-electron chi connectivity index (χ3n) is 3.64. The van der Waals surface area contributed by atoms with Gasteiger partial charge in [0.2, 0.25) is 0 Å². The first-order valence-corrected chi connectivity index (χ1v) is 9.47. The van der Waals surface area contributed by atoms with Gasteiger partial charge in [-0.3, -0.25) is 4.79 Å². The van der Waals surface area contributed by atoms with E-state index >= 15 is 0 Å². The summed E-state index contributed by atoms with van der Waals surface area (Å²) in [6, 6.07) is 6.07. The first kappa shape index (κ1) is 17.2. The number of hydrogen-bond donors (Lipinski definition) is 2. The molecule has 1 aromatic carbocycles. The van der Waals surface area contributed by atoms with Crippen LogP contribution in [0.5, 0.6) is 0 Å². The van der Waals surface area contributed by atoms with Crippen molar-refractivity contribution in [2.75, 3.05) is 18.5 Å². The van der Waals surface area contributed by atoms with Crippen LogP contribution in [-0.2, 0) is 15.7 Å². The Morgan fingerprint density at radius 2 is 2.25 bits per heavy atom. The average Bonchev–Trinajstić information content (AvgIpc) is 3.22. The van der Waals surface area contributed by atoms with Crippen LogP contribution in [0.1, 0.15) is 22.3 Å². The molecule has 2 atom stereocenters. The third-order valence-corrected chi connectivity index (χ3v) is 6.13. The van der Waals surface area contributed by atoms with Crippen molar-refractivity contribution >= 4 is 33.9 Å². The van der Waals surface area contributed by atoms with Crippen LogP contribution in [0.15, 0.2) is 33.9 Å². The van der Waals surface area contributed by atoms with Crippen molar-refractivity contribution in [3.05, 3.63) is 46.6 Å². The van der Waals surface area contributed by atoms with Crippen molar-refractivity contribution in [3.8, 4) is 0 Å². The Morgan fingerprint density at radius 1 is 1.42 bits per heavy atom. The molecule has 2 heterocycles. The summed E-state index contributed by atoms with van der Waals surface area (Å²) in [4.78, 5) is 12.3.